The number of nitrogens with one attached hydrogen (secondary N) is 1. The Hall–Kier alpha value is -1.99. The highest BCUT2D eigenvalue weighted by atomic mass is 35.5. The maximum absolute atomic E-state index is 6.14. The van der Waals surface area contributed by atoms with Gasteiger partial charge in [-0.3, -0.25) is 4.98 Å². The molecule has 90 valence electrons. The zero-order valence-corrected chi connectivity index (χ0v) is 10.5. The number of aromatic nitrogens is 4. The Bertz CT molecular complexity index is 712. The minimum absolute atomic E-state index is 0.333. The van der Waals surface area contributed by atoms with Crippen LogP contribution in [0.4, 0.5) is 17.3 Å². The van der Waals surface area contributed by atoms with E-state index in [1.54, 1.807) is 12.3 Å². The first-order valence-corrected chi connectivity index (χ1v) is 6.10. The third kappa shape index (κ3) is 1.93. The van der Waals surface area contributed by atoms with Crippen molar-refractivity contribution in [3.05, 3.63) is 29.5 Å². The van der Waals surface area contributed by atoms with E-state index in [9.17, 15) is 0 Å². The van der Waals surface area contributed by atoms with Gasteiger partial charge in [0.1, 0.15) is 16.9 Å². The van der Waals surface area contributed by atoms with Crippen LogP contribution in [0, 0.1) is 0 Å². The van der Waals surface area contributed by atoms with E-state index in [0.717, 1.165) is 17.2 Å². The molecule has 0 atom stereocenters. The Morgan fingerprint density at radius 2 is 2.11 bits per heavy atom. The predicted octanol–water partition coefficient (Wildman–Crippen LogP) is 2.46. The zero-order chi connectivity index (χ0) is 12.5. The fourth-order valence-corrected chi connectivity index (χ4v) is 2.26. The number of nitrogen functional groups attached to an aromatic ring is 1. The normalized spacial score (nSPS) is 10.7. The minimum Gasteiger partial charge on any atom is -0.382 e. The van der Waals surface area contributed by atoms with Crippen molar-refractivity contribution in [3.63, 3.8) is 0 Å². The molecule has 0 fully saturated rings. The van der Waals surface area contributed by atoms with Crippen LogP contribution in [0.25, 0.3) is 11.0 Å². The van der Waals surface area contributed by atoms with Crippen molar-refractivity contribution in [1.82, 2.24) is 18.7 Å². The SMILES string of the molecule is Nc1cncc(Nc2c(Cl)ccc3nsnc23)n1. The summed E-state index contributed by atoms with van der Waals surface area (Å²) in [5.41, 5.74) is 7.71. The first-order valence-electron chi connectivity index (χ1n) is 4.99. The number of anilines is 3. The van der Waals surface area contributed by atoms with Gasteiger partial charge in [0, 0.05) is 0 Å². The molecule has 18 heavy (non-hydrogen) atoms. The van der Waals surface area contributed by atoms with E-state index < -0.39 is 0 Å². The first kappa shape index (κ1) is 11.1. The maximum atomic E-state index is 6.14. The summed E-state index contributed by atoms with van der Waals surface area (Å²) in [5, 5.41) is 3.60. The minimum atomic E-state index is 0.333. The van der Waals surface area contributed by atoms with E-state index in [1.165, 1.54) is 6.20 Å². The van der Waals surface area contributed by atoms with Crippen LogP contribution < -0.4 is 11.1 Å². The summed E-state index contributed by atoms with van der Waals surface area (Å²) >= 11 is 7.27. The standard InChI is InChI=1S/C10H7ClN6S/c11-5-1-2-6-10(17-18-16-6)9(5)15-8-4-13-3-7(12)14-8/h1-4H,(H3,12,14,15). The molecule has 0 aliphatic carbocycles. The van der Waals surface area contributed by atoms with Crippen LogP contribution >= 0.6 is 23.3 Å². The lowest BCUT2D eigenvalue weighted by Gasteiger charge is -2.07. The molecule has 0 unspecified atom stereocenters. The summed E-state index contributed by atoms with van der Waals surface area (Å²) in [7, 11) is 0. The Balaban J connectivity index is 2.09. The number of benzene rings is 1. The van der Waals surface area contributed by atoms with Crippen molar-refractivity contribution >= 4 is 51.7 Å². The van der Waals surface area contributed by atoms with Crippen molar-refractivity contribution in [2.75, 3.05) is 11.1 Å². The van der Waals surface area contributed by atoms with Gasteiger partial charge >= 0.3 is 0 Å². The molecule has 0 saturated carbocycles. The van der Waals surface area contributed by atoms with Gasteiger partial charge in [0.05, 0.1) is 34.8 Å². The molecule has 0 amide bonds. The molecule has 0 aliphatic heterocycles. The summed E-state index contributed by atoms with van der Waals surface area (Å²) in [5.74, 6) is 0.845. The molecular weight excluding hydrogens is 272 g/mol. The lowest BCUT2D eigenvalue weighted by atomic mass is 10.2. The van der Waals surface area contributed by atoms with E-state index in [4.69, 9.17) is 17.3 Å². The second kappa shape index (κ2) is 4.35. The molecule has 8 heteroatoms. The van der Waals surface area contributed by atoms with Gasteiger partial charge in [0.2, 0.25) is 0 Å². The Morgan fingerprint density at radius 3 is 2.94 bits per heavy atom. The fourth-order valence-electron chi connectivity index (χ4n) is 1.52. The lowest BCUT2D eigenvalue weighted by molar-refractivity contribution is 1.21. The van der Waals surface area contributed by atoms with Crippen molar-refractivity contribution in [2.45, 2.75) is 0 Å². The van der Waals surface area contributed by atoms with Gasteiger partial charge in [0.15, 0.2) is 5.82 Å². The van der Waals surface area contributed by atoms with E-state index in [0.29, 0.717) is 27.9 Å². The molecule has 2 heterocycles. The molecule has 0 aliphatic rings. The summed E-state index contributed by atoms with van der Waals surface area (Å²) in [6.45, 7) is 0. The topological polar surface area (TPSA) is 89.6 Å². The van der Waals surface area contributed by atoms with Crippen LogP contribution in [0.2, 0.25) is 5.02 Å². The number of halogens is 1. The molecule has 3 N–H and O–H groups in total. The predicted molar refractivity (Wildman–Crippen MR) is 72.2 cm³/mol. The summed E-state index contributed by atoms with van der Waals surface area (Å²) < 4.78 is 8.35. The average Bonchev–Trinajstić information content (AvgIpc) is 2.81. The molecule has 0 saturated heterocycles. The Kier molecular flexibility index (Phi) is 2.69. The first-order chi connectivity index (χ1) is 8.74. The second-order valence-corrected chi connectivity index (χ2v) is 4.44. The molecule has 0 spiro atoms. The monoisotopic (exact) mass is 278 g/mol. The van der Waals surface area contributed by atoms with Gasteiger partial charge in [0.25, 0.3) is 0 Å². The third-order valence-corrected chi connectivity index (χ3v) is 3.14. The Labute approximate surface area is 111 Å². The van der Waals surface area contributed by atoms with Crippen molar-refractivity contribution in [2.24, 2.45) is 0 Å². The summed E-state index contributed by atoms with van der Waals surface area (Å²) in [6.07, 6.45) is 3.03. The van der Waals surface area contributed by atoms with Crippen LogP contribution in [0.1, 0.15) is 0 Å². The highest BCUT2D eigenvalue weighted by Gasteiger charge is 2.10. The zero-order valence-electron chi connectivity index (χ0n) is 8.96. The highest BCUT2D eigenvalue weighted by Crippen LogP contribution is 2.31. The molecular formula is C10H7ClN6S. The number of nitrogens with two attached hydrogens (primary N) is 1. The lowest BCUT2D eigenvalue weighted by Crippen LogP contribution is -1.99. The van der Waals surface area contributed by atoms with Crippen molar-refractivity contribution in [1.29, 1.82) is 0 Å². The largest absolute Gasteiger partial charge is 0.382 e. The molecule has 3 rings (SSSR count). The van der Waals surface area contributed by atoms with Crippen LogP contribution in [0.15, 0.2) is 24.5 Å². The van der Waals surface area contributed by atoms with E-state index >= 15 is 0 Å². The van der Waals surface area contributed by atoms with Gasteiger partial charge in [-0.25, -0.2) is 4.98 Å². The fraction of sp³-hybridized carbons (Fsp3) is 0. The van der Waals surface area contributed by atoms with Crippen LogP contribution in [-0.2, 0) is 0 Å². The smallest absolute Gasteiger partial charge is 0.151 e. The van der Waals surface area contributed by atoms with E-state index in [-0.39, 0.29) is 0 Å². The highest BCUT2D eigenvalue weighted by molar-refractivity contribution is 7.00. The average molecular weight is 279 g/mol. The number of hydrogen-bond acceptors (Lipinski definition) is 7. The van der Waals surface area contributed by atoms with Gasteiger partial charge in [-0.2, -0.15) is 8.75 Å². The number of rotatable bonds is 2. The molecule has 3 aromatic rings. The molecule has 6 nitrogen and oxygen atoms in total. The van der Waals surface area contributed by atoms with Crippen LogP contribution in [0.5, 0.6) is 0 Å². The third-order valence-electron chi connectivity index (χ3n) is 2.28. The number of hydrogen-bond donors (Lipinski definition) is 2. The van der Waals surface area contributed by atoms with E-state index in [1.807, 2.05) is 6.07 Å². The van der Waals surface area contributed by atoms with Gasteiger partial charge in [-0.05, 0) is 12.1 Å². The quantitative estimate of drug-likeness (QED) is 0.748. The van der Waals surface area contributed by atoms with Gasteiger partial charge in [-0.1, -0.05) is 11.6 Å². The number of fused-ring (bicyclic) bond motifs is 1. The van der Waals surface area contributed by atoms with Gasteiger partial charge in [-0.15, -0.1) is 0 Å². The molecule has 2 aromatic heterocycles. The summed E-state index contributed by atoms with van der Waals surface area (Å²) in [6, 6.07) is 3.57. The molecule has 0 bridgehead atoms. The Morgan fingerprint density at radius 1 is 1.22 bits per heavy atom. The van der Waals surface area contributed by atoms with Crippen LogP contribution in [0.3, 0.4) is 0 Å². The van der Waals surface area contributed by atoms with Crippen molar-refractivity contribution in [3.8, 4) is 0 Å². The molecule has 0 radical (unpaired) electrons. The van der Waals surface area contributed by atoms with Crippen molar-refractivity contribution < 1.29 is 0 Å². The second-order valence-electron chi connectivity index (χ2n) is 3.51. The van der Waals surface area contributed by atoms with Gasteiger partial charge < -0.3 is 11.1 Å². The summed E-state index contributed by atoms with van der Waals surface area (Å²) in [4.78, 5) is 8.05. The van der Waals surface area contributed by atoms with E-state index in [2.05, 4.69) is 24.0 Å². The molecule has 1 aromatic carbocycles. The maximum Gasteiger partial charge on any atom is 0.151 e. The number of nitrogens with zero attached hydrogens (tertiary/aromatic N) is 4. The van der Waals surface area contributed by atoms with Crippen LogP contribution in [-0.4, -0.2) is 18.7 Å².